The van der Waals surface area contributed by atoms with E-state index in [2.05, 4.69) is 0 Å². The maximum Gasteiger partial charge on any atom is 0.475 e. The molecular formula is C9H9B30O4P. The molecule has 0 fully saturated rings. The average molecular weight is 537 g/mol. The molecule has 3 heterocycles. The predicted octanol–water partition coefficient (Wildman–Crippen LogP) is -9.46. The van der Waals surface area contributed by atoms with E-state index < -0.39 is 7.82 Å². The third kappa shape index (κ3) is 20.6. The Labute approximate surface area is 291 Å². The molecule has 4 nitrogen and oxygen atoms in total. The Balaban J connectivity index is 1.66. The fourth-order valence-corrected chi connectivity index (χ4v) is 4.60. The van der Waals surface area contributed by atoms with Gasteiger partial charge in [0.1, 0.15) is 0 Å². The molecule has 164 valence electrons. The number of hydrogen-bond acceptors (Lipinski definition) is 4. The Kier molecular flexibility index (Phi) is 24.5. The molecule has 35 heteroatoms. The molecule has 0 spiro atoms. The minimum atomic E-state index is -4.03. The van der Waals surface area contributed by atoms with Crippen LogP contribution in [0.25, 0.3) is 0 Å². The third-order valence-corrected chi connectivity index (χ3v) is 7.03. The van der Waals surface area contributed by atoms with E-state index in [9.17, 15) is 4.57 Å². The molecule has 0 aromatic rings. The summed E-state index contributed by atoms with van der Waals surface area (Å²) in [6, 6.07) is 0. The molecular weight excluding hydrogens is 527 g/mol. The van der Waals surface area contributed by atoms with E-state index in [-0.39, 0.29) is 19.8 Å². The van der Waals surface area contributed by atoms with Gasteiger partial charge in [0.25, 0.3) is 0 Å². The van der Waals surface area contributed by atoms with Crippen LogP contribution >= 0.6 is 7.82 Å². The molecule has 0 amide bonds. The van der Waals surface area contributed by atoms with E-state index >= 15 is 0 Å². The second kappa shape index (κ2) is 27.1. The molecule has 0 unspecified atom stereocenters. The van der Waals surface area contributed by atoms with Crippen LogP contribution in [0.2, 0.25) is 0 Å². The minimum Gasteiger partial charge on any atom is -0.283 e. The van der Waals surface area contributed by atoms with Gasteiger partial charge in [0, 0.05) is 169 Å². The highest BCUT2D eigenvalue weighted by molar-refractivity contribution is 7.71. The zero-order valence-corrected chi connectivity index (χ0v) is 25.6. The first kappa shape index (κ1) is 39.7. The normalized spacial score (nSPS) is 18.3. The summed E-state index contributed by atoms with van der Waals surface area (Å²) in [5, 5.41) is 0. The molecule has 3 rings (SSSR count). The Morgan fingerprint density at radius 1 is 0.364 bits per heavy atom. The van der Waals surface area contributed by atoms with Gasteiger partial charge in [0.2, 0.25) is 0 Å². The zero-order valence-electron chi connectivity index (χ0n) is 24.8. The van der Waals surface area contributed by atoms with Gasteiger partial charge >= 0.3 is 7.82 Å². The topological polar surface area (TPSA) is 44.8 Å². The Morgan fingerprint density at radius 2 is 0.591 bits per heavy atom. The van der Waals surface area contributed by atoms with Crippen molar-refractivity contribution in [3.05, 3.63) is 34.3 Å². The van der Waals surface area contributed by atoms with Gasteiger partial charge in [-0.25, -0.2) is 4.57 Å². The molecule has 0 aromatic carbocycles. The lowest BCUT2D eigenvalue weighted by Gasteiger charge is -2.21. The van der Waals surface area contributed by atoms with Crippen LogP contribution in [0.4, 0.5) is 0 Å². The number of phosphoric ester groups is 1. The van der Waals surface area contributed by atoms with Crippen molar-refractivity contribution < 1.29 is 18.1 Å². The maximum atomic E-state index is 14.1. The van der Waals surface area contributed by atoms with Crippen LogP contribution in [0.3, 0.4) is 0 Å². The number of hydrogen-bond donors (Lipinski definition) is 0. The van der Waals surface area contributed by atoms with E-state index in [1.54, 1.807) is 0 Å². The second-order valence-corrected chi connectivity index (χ2v) is 10.9. The van der Waals surface area contributed by atoms with Crippen molar-refractivity contribution in [3.8, 4) is 0 Å². The first-order chi connectivity index (χ1) is 21.7. The van der Waals surface area contributed by atoms with Crippen molar-refractivity contribution >= 4 is 220 Å². The first-order valence-electron chi connectivity index (χ1n) is 14.4. The summed E-state index contributed by atoms with van der Waals surface area (Å²) in [4.78, 5) is 0. The SMILES string of the molecule is O=P(OCC1=C[B][B][B][B][B][B][B][B][B][B]1)(OCC1=C[B][B][B][B][B][B][B][B][B][B]1)OCC1=C[B][B][B][B][B][B][B][B][B][B]1. The molecule has 0 aliphatic carbocycles. The quantitative estimate of drug-likeness (QED) is 0.217. The van der Waals surface area contributed by atoms with Crippen LogP contribution in [0, 0.1) is 0 Å². The lowest BCUT2D eigenvalue weighted by Crippen LogP contribution is -2.34. The van der Waals surface area contributed by atoms with Crippen molar-refractivity contribution in [2.45, 2.75) is 0 Å². The number of rotatable bonds is 9. The lowest BCUT2D eigenvalue weighted by atomic mass is 8.88. The predicted molar refractivity (Wildman–Crippen MR) is 222 cm³/mol. The van der Waals surface area contributed by atoms with E-state index in [1.807, 2.05) is 230 Å². The van der Waals surface area contributed by atoms with E-state index in [4.69, 9.17) is 13.6 Å². The van der Waals surface area contributed by atoms with Crippen LogP contribution in [-0.2, 0) is 18.1 Å². The fourth-order valence-electron chi connectivity index (χ4n) is 3.45. The summed E-state index contributed by atoms with van der Waals surface area (Å²) in [5.41, 5.74) is 2.40. The van der Waals surface area contributed by atoms with Crippen LogP contribution in [0.1, 0.15) is 0 Å². The van der Waals surface area contributed by atoms with Crippen molar-refractivity contribution in [2.24, 2.45) is 0 Å². The smallest absolute Gasteiger partial charge is 0.283 e. The molecule has 0 atom stereocenters. The second-order valence-electron chi connectivity index (χ2n) is 9.19. The minimum absolute atomic E-state index is 0.0226. The standard InChI is InChI=1S/C9H9B30O4P/c40-44(41-4-7-1-10-16-22-28-34-37-31-25-19-13-7,42-5-8-2-11-17-23-29-35-38-32-26-20-14-8)43-6-9-3-12-18-24-30-36-39-33-27-21-15-9/h1-3H,4-6H2. The van der Waals surface area contributed by atoms with Crippen LogP contribution < -0.4 is 0 Å². The Morgan fingerprint density at radius 3 is 0.864 bits per heavy atom. The monoisotopic (exact) mass is 542 g/mol. The molecule has 3 aliphatic rings. The zero-order chi connectivity index (χ0) is 30.8. The Hall–Kier alpha value is 1.28. The van der Waals surface area contributed by atoms with Crippen LogP contribution in [0.5, 0.6) is 0 Å². The summed E-state index contributed by atoms with van der Waals surface area (Å²) in [6.07, 6.45) is 0. The molecule has 0 aromatic heterocycles. The van der Waals surface area contributed by atoms with Crippen LogP contribution in [-0.4, -0.2) is 232 Å². The van der Waals surface area contributed by atoms with Crippen molar-refractivity contribution in [1.82, 2.24) is 0 Å². The molecule has 0 bridgehead atoms. The molecule has 0 N–H and O–H groups in total. The molecule has 30 radical (unpaired) electrons. The van der Waals surface area contributed by atoms with Crippen molar-refractivity contribution in [3.63, 3.8) is 0 Å². The van der Waals surface area contributed by atoms with Gasteiger partial charge in [0.05, 0.1) is 62.8 Å². The average Bonchev–Trinajstić information content (AvgIpc) is 3.00. The highest BCUT2D eigenvalue weighted by atomic mass is 31.2. The summed E-state index contributed by atoms with van der Waals surface area (Å²) in [7, 11) is 53.7. The van der Waals surface area contributed by atoms with Gasteiger partial charge in [-0.3, -0.25) is 13.6 Å². The van der Waals surface area contributed by atoms with E-state index in [1.165, 1.54) is 0 Å². The highest BCUT2D eigenvalue weighted by Crippen LogP contribution is 2.50. The Bertz CT molecular complexity index is 781. The van der Waals surface area contributed by atoms with Gasteiger partial charge in [-0.2, -0.15) is 0 Å². The lowest BCUT2D eigenvalue weighted by molar-refractivity contribution is 0.138. The highest BCUT2D eigenvalue weighted by Gasteiger charge is 2.28. The van der Waals surface area contributed by atoms with E-state index in [0.717, 1.165) is 16.4 Å². The van der Waals surface area contributed by atoms with Gasteiger partial charge < -0.3 is 0 Å². The fraction of sp³-hybridized carbons (Fsp3) is 0.333. The van der Waals surface area contributed by atoms with Crippen molar-refractivity contribution in [1.29, 1.82) is 0 Å². The molecule has 0 saturated carbocycles. The van der Waals surface area contributed by atoms with Gasteiger partial charge in [-0.05, 0) is 0 Å². The summed E-state index contributed by atoms with van der Waals surface area (Å²) >= 11 is 0. The molecule has 44 heavy (non-hydrogen) atoms. The third-order valence-electron chi connectivity index (χ3n) is 5.70. The number of phosphoric acid groups is 1. The summed E-state index contributed by atoms with van der Waals surface area (Å²) in [5.74, 6) is 5.70. The van der Waals surface area contributed by atoms with E-state index in [0.29, 0.717) is 0 Å². The molecule has 3 aliphatic heterocycles. The van der Waals surface area contributed by atoms with Crippen molar-refractivity contribution in [2.75, 3.05) is 19.8 Å². The van der Waals surface area contributed by atoms with Gasteiger partial charge in [-0.1, -0.05) is 0 Å². The summed E-state index contributed by atoms with van der Waals surface area (Å²) in [6.45, 7) is 0.0679. The van der Waals surface area contributed by atoms with Crippen LogP contribution in [0.15, 0.2) is 34.3 Å². The molecule has 0 saturated heterocycles. The summed E-state index contributed by atoms with van der Waals surface area (Å²) < 4.78 is 31.9. The van der Waals surface area contributed by atoms with Gasteiger partial charge in [-0.15, -0.1) is 34.3 Å². The maximum absolute atomic E-state index is 14.1. The first-order valence-corrected chi connectivity index (χ1v) is 15.8. The van der Waals surface area contributed by atoms with Gasteiger partial charge in [0.15, 0.2) is 0 Å². The largest absolute Gasteiger partial charge is 0.475 e.